The lowest BCUT2D eigenvalue weighted by atomic mass is 10.1. The number of carbonyl (C=O) groups is 2. The molecule has 0 unspecified atom stereocenters. The summed E-state index contributed by atoms with van der Waals surface area (Å²) in [6.45, 7) is 7.85. The van der Waals surface area contributed by atoms with E-state index in [1.807, 2.05) is 24.3 Å². The van der Waals surface area contributed by atoms with Crippen LogP contribution in [0.2, 0.25) is 0 Å². The number of unbranched alkanes of at least 4 members (excludes halogenated alkanes) is 12. The van der Waals surface area contributed by atoms with E-state index in [1.165, 1.54) is 24.8 Å². The van der Waals surface area contributed by atoms with Crippen molar-refractivity contribution in [1.82, 2.24) is 4.90 Å². The van der Waals surface area contributed by atoms with E-state index in [4.69, 9.17) is 9.47 Å². The largest absolute Gasteiger partial charge is 0.466 e. The fraction of sp³-hybridized carbons (Fsp3) is 0.758. The summed E-state index contributed by atoms with van der Waals surface area (Å²) in [6, 6.07) is 7.73. The van der Waals surface area contributed by atoms with Crippen LogP contribution in [0, 0.1) is 0 Å². The van der Waals surface area contributed by atoms with Gasteiger partial charge in [0.15, 0.2) is 0 Å². The Morgan fingerprint density at radius 1 is 0.667 bits per heavy atom. The standard InChI is InChI=1S/C33H57NO5/c1-3-5-6-13-18-29-38-32(36)19-14-9-7-11-16-25-34(27-28-35)26-17-12-8-10-15-20-33(37)39-31-23-21-30(4-2)22-24-31/h21-24,35H,3-20,25-29H2,1-2H3. The van der Waals surface area contributed by atoms with E-state index in [0.29, 0.717) is 25.2 Å². The predicted molar refractivity (Wildman–Crippen MR) is 160 cm³/mol. The van der Waals surface area contributed by atoms with Crippen LogP contribution in [0.5, 0.6) is 5.75 Å². The molecule has 6 heteroatoms. The molecule has 1 aromatic rings. The predicted octanol–water partition coefficient (Wildman–Crippen LogP) is 7.64. The van der Waals surface area contributed by atoms with Crippen molar-refractivity contribution in [3.63, 3.8) is 0 Å². The Morgan fingerprint density at radius 3 is 1.79 bits per heavy atom. The Hall–Kier alpha value is -1.92. The van der Waals surface area contributed by atoms with Crippen LogP contribution in [0.3, 0.4) is 0 Å². The van der Waals surface area contributed by atoms with Crippen LogP contribution in [-0.2, 0) is 20.7 Å². The van der Waals surface area contributed by atoms with Crippen LogP contribution < -0.4 is 4.74 Å². The van der Waals surface area contributed by atoms with Crippen molar-refractivity contribution in [1.29, 1.82) is 0 Å². The van der Waals surface area contributed by atoms with Gasteiger partial charge in [-0.3, -0.25) is 9.59 Å². The van der Waals surface area contributed by atoms with Gasteiger partial charge in [-0.1, -0.05) is 90.2 Å². The maximum absolute atomic E-state index is 12.0. The topological polar surface area (TPSA) is 76.1 Å². The van der Waals surface area contributed by atoms with Crippen LogP contribution in [-0.4, -0.2) is 54.8 Å². The van der Waals surface area contributed by atoms with E-state index < -0.39 is 0 Å². The second-order valence-corrected chi connectivity index (χ2v) is 10.7. The third kappa shape index (κ3) is 20.6. The van der Waals surface area contributed by atoms with Crippen LogP contribution in [0.25, 0.3) is 0 Å². The number of hydrogen-bond donors (Lipinski definition) is 1. The maximum Gasteiger partial charge on any atom is 0.311 e. The molecule has 1 rings (SSSR count). The molecule has 1 N–H and O–H groups in total. The number of nitrogens with zero attached hydrogens (tertiary/aromatic N) is 1. The molecule has 1 aromatic carbocycles. The van der Waals surface area contributed by atoms with Gasteiger partial charge in [0.25, 0.3) is 0 Å². The lowest BCUT2D eigenvalue weighted by molar-refractivity contribution is -0.144. The quantitative estimate of drug-likeness (QED) is 0.0729. The van der Waals surface area contributed by atoms with Crippen molar-refractivity contribution in [2.24, 2.45) is 0 Å². The van der Waals surface area contributed by atoms with E-state index in [-0.39, 0.29) is 18.5 Å². The van der Waals surface area contributed by atoms with Gasteiger partial charge in [-0.25, -0.2) is 0 Å². The number of rotatable bonds is 26. The van der Waals surface area contributed by atoms with Gasteiger partial charge in [0.05, 0.1) is 13.2 Å². The zero-order valence-corrected chi connectivity index (χ0v) is 25.1. The molecule has 6 nitrogen and oxygen atoms in total. The zero-order valence-electron chi connectivity index (χ0n) is 25.1. The lowest BCUT2D eigenvalue weighted by Gasteiger charge is -2.21. The number of esters is 2. The number of aryl methyl sites for hydroxylation is 1. The van der Waals surface area contributed by atoms with Crippen molar-refractivity contribution in [2.45, 2.75) is 129 Å². The van der Waals surface area contributed by atoms with Crippen molar-refractivity contribution < 1.29 is 24.2 Å². The number of ether oxygens (including phenoxy) is 2. The van der Waals surface area contributed by atoms with E-state index in [0.717, 1.165) is 103 Å². The molecule has 0 aliphatic heterocycles. The third-order valence-electron chi connectivity index (χ3n) is 7.20. The van der Waals surface area contributed by atoms with Crippen molar-refractivity contribution >= 4 is 11.9 Å². The molecule has 224 valence electrons. The van der Waals surface area contributed by atoms with Gasteiger partial charge in [-0.15, -0.1) is 0 Å². The first kappa shape index (κ1) is 35.1. The average Bonchev–Trinajstić information content (AvgIpc) is 2.94. The molecule has 0 saturated carbocycles. The Morgan fingerprint density at radius 2 is 1.21 bits per heavy atom. The van der Waals surface area contributed by atoms with Gasteiger partial charge in [0.1, 0.15) is 5.75 Å². The summed E-state index contributed by atoms with van der Waals surface area (Å²) < 4.78 is 10.7. The molecule has 0 atom stereocenters. The summed E-state index contributed by atoms with van der Waals surface area (Å²) in [5.74, 6) is 0.434. The number of carbonyl (C=O) groups excluding carboxylic acids is 2. The molecule has 0 aliphatic rings. The highest BCUT2D eigenvalue weighted by atomic mass is 16.5. The molecular weight excluding hydrogens is 490 g/mol. The molecular formula is C33H57NO5. The van der Waals surface area contributed by atoms with E-state index in [9.17, 15) is 14.7 Å². The van der Waals surface area contributed by atoms with Crippen LogP contribution in [0.15, 0.2) is 24.3 Å². The second kappa shape index (κ2) is 25.1. The normalized spacial score (nSPS) is 11.2. The molecule has 0 amide bonds. The first-order valence-electron chi connectivity index (χ1n) is 15.9. The summed E-state index contributed by atoms with van der Waals surface area (Å²) in [7, 11) is 0. The maximum atomic E-state index is 12.0. The van der Waals surface area contributed by atoms with Crippen molar-refractivity contribution in [2.75, 3.05) is 32.8 Å². The molecule has 0 spiro atoms. The van der Waals surface area contributed by atoms with E-state index in [1.54, 1.807) is 0 Å². The van der Waals surface area contributed by atoms with Gasteiger partial charge >= 0.3 is 11.9 Å². The van der Waals surface area contributed by atoms with Gasteiger partial charge in [0, 0.05) is 19.4 Å². The molecule has 0 aliphatic carbocycles. The molecule has 0 bridgehead atoms. The zero-order chi connectivity index (χ0) is 28.4. The molecule has 0 fully saturated rings. The second-order valence-electron chi connectivity index (χ2n) is 10.7. The minimum absolute atomic E-state index is 0.0443. The Bertz CT molecular complexity index is 721. The minimum Gasteiger partial charge on any atom is -0.466 e. The van der Waals surface area contributed by atoms with Crippen molar-refractivity contribution in [3.05, 3.63) is 29.8 Å². The Balaban J connectivity index is 1.97. The SMILES string of the molecule is CCCCCCCOC(=O)CCCCCCCN(CCO)CCCCCCCC(=O)Oc1ccc(CC)cc1. The van der Waals surface area contributed by atoms with Gasteiger partial charge in [-0.05, 0) is 69.3 Å². The average molecular weight is 548 g/mol. The number of aliphatic hydroxyl groups is 1. The molecule has 0 heterocycles. The summed E-state index contributed by atoms with van der Waals surface area (Å²) >= 11 is 0. The number of hydrogen-bond acceptors (Lipinski definition) is 6. The minimum atomic E-state index is -0.151. The monoisotopic (exact) mass is 547 g/mol. The van der Waals surface area contributed by atoms with Gasteiger partial charge in [-0.2, -0.15) is 0 Å². The molecule has 0 saturated heterocycles. The summed E-state index contributed by atoms with van der Waals surface area (Å²) in [6.07, 6.45) is 18.6. The van der Waals surface area contributed by atoms with Crippen molar-refractivity contribution in [3.8, 4) is 5.75 Å². The number of aliphatic hydroxyl groups excluding tert-OH is 1. The summed E-state index contributed by atoms with van der Waals surface area (Å²) in [4.78, 5) is 26.2. The van der Waals surface area contributed by atoms with E-state index >= 15 is 0 Å². The first-order valence-corrected chi connectivity index (χ1v) is 15.9. The molecule has 39 heavy (non-hydrogen) atoms. The highest BCUT2D eigenvalue weighted by Gasteiger charge is 2.07. The Kier molecular flexibility index (Phi) is 22.6. The third-order valence-corrected chi connectivity index (χ3v) is 7.20. The Labute approximate surface area is 238 Å². The summed E-state index contributed by atoms with van der Waals surface area (Å²) in [5.41, 5.74) is 1.24. The summed E-state index contributed by atoms with van der Waals surface area (Å²) in [5, 5.41) is 9.40. The van der Waals surface area contributed by atoms with Crippen LogP contribution in [0.4, 0.5) is 0 Å². The first-order chi connectivity index (χ1) is 19.1. The van der Waals surface area contributed by atoms with Crippen LogP contribution in [0.1, 0.15) is 129 Å². The lowest BCUT2D eigenvalue weighted by Crippen LogP contribution is -2.29. The molecule has 0 radical (unpaired) electrons. The molecule has 0 aromatic heterocycles. The smallest absolute Gasteiger partial charge is 0.311 e. The van der Waals surface area contributed by atoms with E-state index in [2.05, 4.69) is 18.7 Å². The highest BCUT2D eigenvalue weighted by Crippen LogP contribution is 2.15. The fourth-order valence-corrected chi connectivity index (χ4v) is 4.69. The van der Waals surface area contributed by atoms with Gasteiger partial charge in [0.2, 0.25) is 0 Å². The van der Waals surface area contributed by atoms with Crippen LogP contribution >= 0.6 is 0 Å². The fourth-order valence-electron chi connectivity index (χ4n) is 4.69. The van der Waals surface area contributed by atoms with Gasteiger partial charge < -0.3 is 19.5 Å². The number of benzene rings is 1. The highest BCUT2D eigenvalue weighted by molar-refractivity contribution is 5.72.